The lowest BCUT2D eigenvalue weighted by Crippen LogP contribution is -3.15. The highest BCUT2D eigenvalue weighted by Crippen LogP contribution is 2.22. The number of rotatable bonds is 7. The minimum Gasteiger partial charge on any atom is -0.349 e. The number of anilines is 1. The number of nitrogens with one attached hydrogen (secondary N) is 3. The summed E-state index contributed by atoms with van der Waals surface area (Å²) in [5.74, 6) is -0.531. The predicted octanol–water partition coefficient (Wildman–Crippen LogP) is -0.0389. The highest BCUT2D eigenvalue weighted by Gasteiger charge is 2.26. The number of benzene rings is 1. The van der Waals surface area contributed by atoms with E-state index in [2.05, 4.69) is 10.6 Å². The molecule has 1 rings (SSSR count). The molecule has 1 unspecified atom stereocenters. The van der Waals surface area contributed by atoms with Crippen LogP contribution in [-0.2, 0) is 9.59 Å². The molecule has 0 aliphatic heterocycles. The molecule has 126 valence electrons. The molecule has 2 atom stereocenters. The Balaban J connectivity index is 2.70. The zero-order chi connectivity index (χ0) is 17.6. The van der Waals surface area contributed by atoms with Gasteiger partial charge in [-0.3, -0.25) is 19.7 Å². The van der Waals surface area contributed by atoms with Gasteiger partial charge in [-0.05, 0) is 26.8 Å². The van der Waals surface area contributed by atoms with E-state index in [4.69, 9.17) is 0 Å². The topological polar surface area (TPSA) is 106 Å². The van der Waals surface area contributed by atoms with E-state index in [-0.39, 0.29) is 35.8 Å². The summed E-state index contributed by atoms with van der Waals surface area (Å²) < 4.78 is 0. The number of carbonyl (C=O) groups is 2. The molecule has 1 aromatic carbocycles. The number of nitrogens with zero attached hydrogens (tertiary/aromatic N) is 1. The molecular formula is C15H23N4O4+. The maximum atomic E-state index is 12.2. The molecule has 2 amide bonds. The summed E-state index contributed by atoms with van der Waals surface area (Å²) in [6.45, 7) is 5.53. The van der Waals surface area contributed by atoms with E-state index >= 15 is 0 Å². The molecule has 0 aliphatic rings. The van der Waals surface area contributed by atoms with Crippen molar-refractivity contribution in [2.24, 2.45) is 0 Å². The molecule has 0 bridgehead atoms. The van der Waals surface area contributed by atoms with Gasteiger partial charge in [-0.25, -0.2) is 0 Å². The first kappa shape index (κ1) is 18.6. The van der Waals surface area contributed by atoms with Gasteiger partial charge in [-0.2, -0.15) is 0 Å². The predicted molar refractivity (Wildman–Crippen MR) is 86.2 cm³/mol. The van der Waals surface area contributed by atoms with Gasteiger partial charge in [-0.1, -0.05) is 12.1 Å². The molecule has 0 aliphatic carbocycles. The van der Waals surface area contributed by atoms with Crippen molar-refractivity contribution in [3.8, 4) is 0 Å². The Morgan fingerprint density at radius 2 is 1.87 bits per heavy atom. The fourth-order valence-corrected chi connectivity index (χ4v) is 1.98. The largest absolute Gasteiger partial charge is 0.349 e. The van der Waals surface area contributed by atoms with Gasteiger partial charge in [0.15, 0.2) is 12.6 Å². The molecular weight excluding hydrogens is 300 g/mol. The van der Waals surface area contributed by atoms with Gasteiger partial charge in [0.25, 0.3) is 17.5 Å². The average molecular weight is 323 g/mol. The zero-order valence-electron chi connectivity index (χ0n) is 13.8. The number of quaternary nitrogens is 1. The molecule has 0 saturated carbocycles. The Labute approximate surface area is 135 Å². The molecule has 0 heterocycles. The van der Waals surface area contributed by atoms with E-state index in [0.29, 0.717) is 4.90 Å². The fraction of sp³-hybridized carbons (Fsp3) is 0.467. The van der Waals surface area contributed by atoms with E-state index in [1.54, 1.807) is 20.0 Å². The third kappa shape index (κ3) is 5.67. The molecule has 0 saturated heterocycles. The van der Waals surface area contributed by atoms with Gasteiger partial charge in [0.1, 0.15) is 5.69 Å². The molecule has 0 aromatic heterocycles. The maximum absolute atomic E-state index is 12.2. The van der Waals surface area contributed by atoms with Crippen molar-refractivity contribution in [2.75, 3.05) is 18.9 Å². The van der Waals surface area contributed by atoms with E-state index in [9.17, 15) is 19.7 Å². The maximum Gasteiger partial charge on any atom is 0.292 e. The number of nitro groups is 1. The minimum atomic E-state index is -0.549. The molecule has 0 radical (unpaired) electrons. The highest BCUT2D eigenvalue weighted by molar-refractivity contribution is 5.95. The van der Waals surface area contributed by atoms with Gasteiger partial charge >= 0.3 is 0 Å². The van der Waals surface area contributed by atoms with Crippen LogP contribution in [0.3, 0.4) is 0 Å². The number of amides is 2. The Morgan fingerprint density at radius 1 is 1.26 bits per heavy atom. The number of nitro benzene ring substituents is 1. The van der Waals surface area contributed by atoms with Gasteiger partial charge in [-0.15, -0.1) is 0 Å². The summed E-state index contributed by atoms with van der Waals surface area (Å²) in [5, 5.41) is 16.3. The summed E-state index contributed by atoms with van der Waals surface area (Å²) in [4.78, 5) is 35.1. The van der Waals surface area contributed by atoms with Crippen molar-refractivity contribution in [3.63, 3.8) is 0 Å². The molecule has 0 spiro atoms. The summed E-state index contributed by atoms with van der Waals surface area (Å²) in [6.07, 6.45) is 0. The molecule has 8 nitrogen and oxygen atoms in total. The molecule has 0 fully saturated rings. The molecule has 1 aromatic rings. The van der Waals surface area contributed by atoms with Crippen LogP contribution < -0.4 is 15.5 Å². The van der Waals surface area contributed by atoms with Gasteiger partial charge in [0, 0.05) is 12.1 Å². The highest BCUT2D eigenvalue weighted by atomic mass is 16.6. The van der Waals surface area contributed by atoms with Crippen molar-refractivity contribution in [3.05, 3.63) is 34.4 Å². The average Bonchev–Trinajstić information content (AvgIpc) is 2.45. The quantitative estimate of drug-likeness (QED) is 0.483. The molecule has 23 heavy (non-hydrogen) atoms. The standard InChI is InChI=1S/C15H22N4O4/c1-10(2)16-14(20)9-18(4)11(3)15(21)17-12-7-5-6-8-13(12)19(22)23/h5-8,10-11H,9H2,1-4H3,(H,16,20)(H,17,21)/p+1/t11-/m1/s1. The smallest absolute Gasteiger partial charge is 0.292 e. The Bertz CT molecular complexity index is 589. The summed E-state index contributed by atoms with van der Waals surface area (Å²) in [5.41, 5.74) is -0.0166. The van der Waals surface area contributed by atoms with Crippen LogP contribution in [0.4, 0.5) is 11.4 Å². The van der Waals surface area contributed by atoms with E-state index in [0.717, 1.165) is 0 Å². The number of likely N-dealkylation sites (N-methyl/N-ethyl adjacent to an activating group) is 1. The van der Waals surface area contributed by atoms with Crippen molar-refractivity contribution in [1.82, 2.24) is 5.32 Å². The Morgan fingerprint density at radius 3 is 2.43 bits per heavy atom. The van der Waals surface area contributed by atoms with Gasteiger partial charge in [0.05, 0.1) is 12.0 Å². The number of hydrogen-bond acceptors (Lipinski definition) is 4. The zero-order valence-corrected chi connectivity index (χ0v) is 13.8. The lowest BCUT2D eigenvalue weighted by Gasteiger charge is -2.21. The summed E-state index contributed by atoms with van der Waals surface area (Å²) >= 11 is 0. The molecule has 8 heteroatoms. The number of para-hydroxylation sites is 2. The second-order valence-electron chi connectivity index (χ2n) is 5.73. The van der Waals surface area contributed by atoms with Crippen molar-refractivity contribution >= 4 is 23.2 Å². The first-order valence-electron chi connectivity index (χ1n) is 7.38. The number of hydrogen-bond donors (Lipinski definition) is 3. The molecule has 3 N–H and O–H groups in total. The van der Waals surface area contributed by atoms with Crippen LogP contribution in [0.25, 0.3) is 0 Å². The van der Waals surface area contributed by atoms with Crippen LogP contribution in [0.15, 0.2) is 24.3 Å². The second-order valence-corrected chi connectivity index (χ2v) is 5.73. The van der Waals surface area contributed by atoms with Crippen molar-refractivity contribution in [1.29, 1.82) is 0 Å². The van der Waals surface area contributed by atoms with Crippen LogP contribution in [0.1, 0.15) is 20.8 Å². The van der Waals surface area contributed by atoms with Crippen LogP contribution in [0, 0.1) is 10.1 Å². The van der Waals surface area contributed by atoms with Gasteiger partial charge < -0.3 is 15.5 Å². The Hall–Kier alpha value is -2.48. The van der Waals surface area contributed by atoms with Crippen LogP contribution in [0.2, 0.25) is 0 Å². The van der Waals surface area contributed by atoms with Gasteiger partial charge in [0.2, 0.25) is 0 Å². The third-order valence-electron chi connectivity index (χ3n) is 3.38. The SMILES string of the molecule is CC(C)NC(=O)C[NH+](C)[C@H](C)C(=O)Nc1ccccc1[N+](=O)[O-]. The first-order chi connectivity index (χ1) is 10.7. The number of carbonyl (C=O) groups excluding carboxylic acids is 2. The first-order valence-corrected chi connectivity index (χ1v) is 7.38. The third-order valence-corrected chi connectivity index (χ3v) is 3.38. The van der Waals surface area contributed by atoms with Crippen LogP contribution in [0.5, 0.6) is 0 Å². The lowest BCUT2D eigenvalue weighted by molar-refractivity contribution is -0.885. The van der Waals surface area contributed by atoms with E-state index in [1.807, 2.05) is 13.8 Å². The van der Waals surface area contributed by atoms with Crippen molar-refractivity contribution in [2.45, 2.75) is 32.9 Å². The van der Waals surface area contributed by atoms with E-state index in [1.165, 1.54) is 18.2 Å². The fourth-order valence-electron chi connectivity index (χ4n) is 1.98. The van der Waals surface area contributed by atoms with Crippen LogP contribution >= 0.6 is 0 Å². The summed E-state index contributed by atoms with van der Waals surface area (Å²) in [6, 6.07) is 5.44. The Kier molecular flexibility index (Phi) is 6.65. The monoisotopic (exact) mass is 323 g/mol. The minimum absolute atomic E-state index is 0.0337. The lowest BCUT2D eigenvalue weighted by atomic mass is 10.2. The summed E-state index contributed by atoms with van der Waals surface area (Å²) in [7, 11) is 1.73. The normalized spacial score (nSPS) is 13.3. The van der Waals surface area contributed by atoms with Crippen molar-refractivity contribution < 1.29 is 19.4 Å². The van der Waals surface area contributed by atoms with E-state index < -0.39 is 11.0 Å². The van der Waals surface area contributed by atoms with Crippen LogP contribution in [-0.4, -0.2) is 42.4 Å². The second kappa shape index (κ2) is 8.23.